The number of rotatable bonds is 13. The van der Waals surface area contributed by atoms with E-state index in [0.717, 1.165) is 37.3 Å². The molecule has 0 radical (unpaired) electrons. The van der Waals surface area contributed by atoms with Crippen molar-refractivity contribution in [3.8, 4) is 17.2 Å². The molecule has 0 spiro atoms. The van der Waals surface area contributed by atoms with Crippen LogP contribution in [0.5, 0.6) is 17.2 Å². The maximum atomic E-state index is 12.1. The standard InChI is InChI=1S/C21H34O4/c1-16(2)12-10-8-6-4-3-5-7-9-11-13-18(23)21-19(24)14-17(22)15-20(21)25/h14-16,22,24-25H,3-13H2,1-2H3. The molecule has 142 valence electrons. The van der Waals surface area contributed by atoms with Gasteiger partial charge in [0.1, 0.15) is 22.8 Å². The summed E-state index contributed by atoms with van der Waals surface area (Å²) in [5, 5.41) is 28.6. The highest BCUT2D eigenvalue weighted by Gasteiger charge is 2.17. The van der Waals surface area contributed by atoms with Crippen LogP contribution in [-0.4, -0.2) is 21.1 Å². The van der Waals surface area contributed by atoms with Crippen molar-refractivity contribution in [3.63, 3.8) is 0 Å². The molecule has 0 aliphatic carbocycles. The van der Waals surface area contributed by atoms with E-state index in [0.29, 0.717) is 6.42 Å². The lowest BCUT2D eigenvalue weighted by molar-refractivity contribution is 0.0973. The lowest BCUT2D eigenvalue weighted by Gasteiger charge is -2.07. The molecular formula is C21H34O4. The minimum Gasteiger partial charge on any atom is -0.508 e. The molecular weight excluding hydrogens is 316 g/mol. The summed E-state index contributed by atoms with van der Waals surface area (Å²) in [7, 11) is 0. The first kappa shape index (κ1) is 21.3. The number of phenolic OH excluding ortho intramolecular Hbond substituents is 3. The third kappa shape index (κ3) is 8.80. The van der Waals surface area contributed by atoms with Crippen molar-refractivity contribution in [3.05, 3.63) is 17.7 Å². The largest absolute Gasteiger partial charge is 0.508 e. The van der Waals surface area contributed by atoms with E-state index >= 15 is 0 Å². The van der Waals surface area contributed by atoms with Crippen molar-refractivity contribution >= 4 is 5.78 Å². The quantitative estimate of drug-likeness (QED) is 0.304. The molecule has 0 fully saturated rings. The van der Waals surface area contributed by atoms with Crippen molar-refractivity contribution < 1.29 is 20.1 Å². The first-order valence-electron chi connectivity index (χ1n) is 9.70. The molecule has 4 heteroatoms. The molecule has 0 heterocycles. The van der Waals surface area contributed by atoms with E-state index in [1.807, 2.05) is 0 Å². The van der Waals surface area contributed by atoms with Crippen LogP contribution in [0.2, 0.25) is 0 Å². The van der Waals surface area contributed by atoms with Gasteiger partial charge in [-0.05, 0) is 12.3 Å². The highest BCUT2D eigenvalue weighted by molar-refractivity contribution is 6.01. The van der Waals surface area contributed by atoms with Gasteiger partial charge in [0.05, 0.1) is 0 Å². The van der Waals surface area contributed by atoms with Gasteiger partial charge in [0.25, 0.3) is 0 Å². The number of hydrogen-bond acceptors (Lipinski definition) is 4. The molecule has 3 N–H and O–H groups in total. The van der Waals surface area contributed by atoms with Gasteiger partial charge in [-0.15, -0.1) is 0 Å². The normalized spacial score (nSPS) is 11.2. The Kier molecular flexibility index (Phi) is 10.0. The van der Waals surface area contributed by atoms with Crippen LogP contribution in [0.25, 0.3) is 0 Å². The van der Waals surface area contributed by atoms with Crippen LogP contribution in [0.15, 0.2) is 12.1 Å². The molecule has 0 aliphatic heterocycles. The highest BCUT2D eigenvalue weighted by Crippen LogP contribution is 2.33. The van der Waals surface area contributed by atoms with Crippen molar-refractivity contribution in [2.24, 2.45) is 5.92 Å². The zero-order chi connectivity index (χ0) is 18.7. The van der Waals surface area contributed by atoms with Gasteiger partial charge in [-0.3, -0.25) is 4.79 Å². The summed E-state index contributed by atoms with van der Waals surface area (Å²) in [4.78, 5) is 12.1. The Labute approximate surface area is 151 Å². The summed E-state index contributed by atoms with van der Waals surface area (Å²) in [6.07, 6.45) is 12.3. The zero-order valence-electron chi connectivity index (χ0n) is 15.8. The van der Waals surface area contributed by atoms with Gasteiger partial charge >= 0.3 is 0 Å². The molecule has 0 aromatic heterocycles. The summed E-state index contributed by atoms with van der Waals surface area (Å²) in [6, 6.07) is 2.16. The third-order valence-corrected chi connectivity index (χ3v) is 4.55. The Hall–Kier alpha value is -1.71. The number of Topliss-reactive ketones (excluding diaryl/α,β-unsaturated/α-hetero) is 1. The molecule has 0 unspecified atom stereocenters. The van der Waals surface area contributed by atoms with E-state index in [-0.39, 0.29) is 28.6 Å². The monoisotopic (exact) mass is 350 g/mol. The second-order valence-corrected chi connectivity index (χ2v) is 7.40. The Bertz CT molecular complexity index is 500. The molecule has 1 rings (SSSR count). The fraction of sp³-hybridized carbons (Fsp3) is 0.667. The van der Waals surface area contributed by atoms with Crippen LogP contribution >= 0.6 is 0 Å². The molecule has 0 aliphatic rings. The van der Waals surface area contributed by atoms with Crippen molar-refractivity contribution in [2.45, 2.75) is 84.5 Å². The van der Waals surface area contributed by atoms with Crippen LogP contribution in [0.4, 0.5) is 0 Å². The van der Waals surface area contributed by atoms with Gasteiger partial charge in [0.15, 0.2) is 5.78 Å². The summed E-state index contributed by atoms with van der Waals surface area (Å²) < 4.78 is 0. The molecule has 0 bridgehead atoms. The second-order valence-electron chi connectivity index (χ2n) is 7.40. The van der Waals surface area contributed by atoms with Gasteiger partial charge in [0, 0.05) is 18.6 Å². The van der Waals surface area contributed by atoms with E-state index in [2.05, 4.69) is 13.8 Å². The van der Waals surface area contributed by atoms with E-state index in [9.17, 15) is 20.1 Å². The van der Waals surface area contributed by atoms with Crippen LogP contribution in [0.3, 0.4) is 0 Å². The van der Waals surface area contributed by atoms with E-state index in [1.165, 1.54) is 44.9 Å². The maximum absolute atomic E-state index is 12.1. The SMILES string of the molecule is CC(C)CCCCCCCCCCCC(=O)c1c(O)cc(O)cc1O. The van der Waals surface area contributed by atoms with E-state index in [1.54, 1.807) is 0 Å². The number of unbranched alkanes of at least 4 members (excludes halogenated alkanes) is 8. The number of benzene rings is 1. The first-order valence-corrected chi connectivity index (χ1v) is 9.70. The number of carbonyl (C=O) groups excluding carboxylic acids is 1. The van der Waals surface area contributed by atoms with E-state index in [4.69, 9.17) is 0 Å². The molecule has 0 saturated carbocycles. The van der Waals surface area contributed by atoms with Crippen LogP contribution in [0, 0.1) is 5.92 Å². The number of phenols is 3. The van der Waals surface area contributed by atoms with Crippen LogP contribution < -0.4 is 0 Å². The predicted octanol–water partition coefficient (Wildman–Crippen LogP) is 5.93. The third-order valence-electron chi connectivity index (χ3n) is 4.55. The average Bonchev–Trinajstić information content (AvgIpc) is 2.51. The Morgan fingerprint density at radius 2 is 1.24 bits per heavy atom. The fourth-order valence-electron chi connectivity index (χ4n) is 3.08. The van der Waals surface area contributed by atoms with Crippen molar-refractivity contribution in [2.75, 3.05) is 0 Å². The molecule has 0 saturated heterocycles. The molecule has 25 heavy (non-hydrogen) atoms. The minimum atomic E-state index is -0.361. The fourth-order valence-corrected chi connectivity index (χ4v) is 3.08. The topological polar surface area (TPSA) is 77.8 Å². The summed E-state index contributed by atoms with van der Waals surface area (Å²) in [5.41, 5.74) is -0.0841. The van der Waals surface area contributed by atoms with Gasteiger partial charge < -0.3 is 15.3 Å². The molecule has 4 nitrogen and oxygen atoms in total. The smallest absolute Gasteiger partial charge is 0.170 e. The van der Waals surface area contributed by atoms with Crippen molar-refractivity contribution in [1.82, 2.24) is 0 Å². The Morgan fingerprint density at radius 3 is 1.72 bits per heavy atom. The number of hydrogen-bond donors (Lipinski definition) is 3. The van der Waals surface area contributed by atoms with E-state index < -0.39 is 0 Å². The number of carbonyl (C=O) groups is 1. The number of ketones is 1. The van der Waals surface area contributed by atoms with Gasteiger partial charge in [-0.25, -0.2) is 0 Å². The van der Waals surface area contributed by atoms with Crippen LogP contribution in [0.1, 0.15) is 94.8 Å². The first-order chi connectivity index (χ1) is 11.9. The molecule has 0 amide bonds. The van der Waals surface area contributed by atoms with Gasteiger partial charge in [-0.1, -0.05) is 71.6 Å². The molecule has 1 aromatic rings. The Balaban J connectivity index is 2.08. The number of aromatic hydroxyl groups is 3. The minimum absolute atomic E-state index is 0.0841. The van der Waals surface area contributed by atoms with Gasteiger partial charge in [0.2, 0.25) is 0 Å². The summed E-state index contributed by atoms with van der Waals surface area (Å²) in [6.45, 7) is 4.55. The highest BCUT2D eigenvalue weighted by atomic mass is 16.3. The van der Waals surface area contributed by atoms with Gasteiger partial charge in [-0.2, -0.15) is 0 Å². The average molecular weight is 350 g/mol. The second kappa shape index (κ2) is 11.8. The zero-order valence-corrected chi connectivity index (χ0v) is 15.8. The lowest BCUT2D eigenvalue weighted by Crippen LogP contribution is -2.00. The van der Waals surface area contributed by atoms with Crippen molar-refractivity contribution in [1.29, 1.82) is 0 Å². The summed E-state index contributed by atoms with van der Waals surface area (Å²) >= 11 is 0. The van der Waals surface area contributed by atoms with Crippen LogP contribution in [-0.2, 0) is 0 Å². The molecule has 1 aromatic carbocycles. The maximum Gasteiger partial charge on any atom is 0.170 e. The summed E-state index contributed by atoms with van der Waals surface area (Å²) in [5.74, 6) is -0.441. The predicted molar refractivity (Wildman–Crippen MR) is 101 cm³/mol. The Morgan fingerprint density at radius 1 is 0.800 bits per heavy atom. The molecule has 0 atom stereocenters. The lowest BCUT2D eigenvalue weighted by atomic mass is 10.0.